The predicted molar refractivity (Wildman–Crippen MR) is 130 cm³/mol. The van der Waals surface area contributed by atoms with Crippen LogP contribution in [-0.2, 0) is 19.3 Å². The number of nitrogens with zero attached hydrogens (tertiary/aromatic N) is 4. The Labute approximate surface area is 205 Å². The number of amides is 1. The van der Waals surface area contributed by atoms with E-state index in [1.807, 2.05) is 60.7 Å². The Morgan fingerprint density at radius 3 is 1.83 bits per heavy atom. The molecular formula is C28H21F3N4O. The summed E-state index contributed by atoms with van der Waals surface area (Å²) in [5.74, 6) is -0.484. The SMILES string of the molecule is O=C(c1cc2nc(-c3ccccc3)cc(C(F)(F)F)n2n1)N(Cc1ccccc1)Cc1ccccc1. The second kappa shape index (κ2) is 9.65. The average molecular weight is 486 g/mol. The Balaban J connectivity index is 1.57. The number of hydrogen-bond acceptors (Lipinski definition) is 3. The van der Waals surface area contributed by atoms with Crippen molar-refractivity contribution in [3.8, 4) is 11.3 Å². The molecule has 0 unspecified atom stereocenters. The van der Waals surface area contributed by atoms with Crippen molar-refractivity contribution in [2.75, 3.05) is 0 Å². The lowest BCUT2D eigenvalue weighted by molar-refractivity contribution is -0.142. The summed E-state index contributed by atoms with van der Waals surface area (Å²) in [6.45, 7) is 0.550. The van der Waals surface area contributed by atoms with Crippen molar-refractivity contribution in [3.63, 3.8) is 0 Å². The summed E-state index contributed by atoms with van der Waals surface area (Å²) in [7, 11) is 0. The highest BCUT2D eigenvalue weighted by atomic mass is 19.4. The smallest absolute Gasteiger partial charge is 0.329 e. The van der Waals surface area contributed by atoms with Gasteiger partial charge < -0.3 is 4.90 Å². The van der Waals surface area contributed by atoms with E-state index in [9.17, 15) is 18.0 Å². The first-order valence-corrected chi connectivity index (χ1v) is 11.3. The lowest BCUT2D eigenvalue weighted by Gasteiger charge is -2.22. The maximum absolute atomic E-state index is 14.0. The van der Waals surface area contributed by atoms with Crippen LogP contribution in [0.4, 0.5) is 13.2 Å². The van der Waals surface area contributed by atoms with E-state index in [-0.39, 0.29) is 30.1 Å². The first-order chi connectivity index (χ1) is 17.4. The average Bonchev–Trinajstić information content (AvgIpc) is 3.32. The maximum Gasteiger partial charge on any atom is 0.433 e. The van der Waals surface area contributed by atoms with E-state index >= 15 is 0 Å². The molecule has 0 aliphatic carbocycles. The van der Waals surface area contributed by atoms with Crippen LogP contribution in [0.15, 0.2) is 103 Å². The zero-order chi connectivity index (χ0) is 25.1. The minimum absolute atomic E-state index is 0.0496. The van der Waals surface area contributed by atoms with Crippen molar-refractivity contribution >= 4 is 11.6 Å². The summed E-state index contributed by atoms with van der Waals surface area (Å²) in [6.07, 6.45) is -4.69. The molecule has 5 nitrogen and oxygen atoms in total. The lowest BCUT2D eigenvalue weighted by Crippen LogP contribution is -2.30. The molecule has 0 aliphatic heterocycles. The predicted octanol–water partition coefficient (Wildman–Crippen LogP) is 6.26. The Hall–Kier alpha value is -4.46. The molecule has 1 amide bonds. The molecule has 0 fully saturated rings. The Morgan fingerprint density at radius 2 is 1.31 bits per heavy atom. The van der Waals surface area contributed by atoms with Crippen LogP contribution >= 0.6 is 0 Å². The Morgan fingerprint density at radius 1 is 0.778 bits per heavy atom. The zero-order valence-corrected chi connectivity index (χ0v) is 19.1. The molecule has 8 heteroatoms. The van der Waals surface area contributed by atoms with Gasteiger partial charge in [0, 0.05) is 24.7 Å². The Bertz CT molecular complexity index is 1440. The van der Waals surface area contributed by atoms with Gasteiger partial charge in [0.15, 0.2) is 17.0 Å². The third-order valence-electron chi connectivity index (χ3n) is 5.73. The topological polar surface area (TPSA) is 50.5 Å². The molecule has 0 atom stereocenters. The van der Waals surface area contributed by atoms with Gasteiger partial charge in [-0.3, -0.25) is 4.79 Å². The van der Waals surface area contributed by atoms with Crippen LogP contribution in [0.2, 0.25) is 0 Å². The molecule has 5 aromatic rings. The van der Waals surface area contributed by atoms with Crippen molar-refractivity contribution in [2.24, 2.45) is 0 Å². The number of aromatic nitrogens is 3. The summed E-state index contributed by atoms with van der Waals surface area (Å²) >= 11 is 0. The van der Waals surface area contributed by atoms with E-state index < -0.39 is 17.8 Å². The number of alkyl halides is 3. The third kappa shape index (κ3) is 4.98. The molecule has 0 N–H and O–H groups in total. The van der Waals surface area contributed by atoms with Gasteiger partial charge in [-0.15, -0.1) is 0 Å². The lowest BCUT2D eigenvalue weighted by atomic mass is 10.1. The first kappa shape index (κ1) is 23.3. The van der Waals surface area contributed by atoms with Crippen LogP contribution in [0.1, 0.15) is 27.3 Å². The highest BCUT2D eigenvalue weighted by Crippen LogP contribution is 2.32. The van der Waals surface area contributed by atoms with Gasteiger partial charge in [-0.05, 0) is 17.2 Å². The van der Waals surface area contributed by atoms with Crippen LogP contribution in [0, 0.1) is 0 Å². The summed E-state index contributed by atoms with van der Waals surface area (Å²) in [6, 6.07) is 29.7. The fourth-order valence-corrected chi connectivity index (χ4v) is 4.01. The molecular weight excluding hydrogens is 465 g/mol. The summed E-state index contributed by atoms with van der Waals surface area (Å²) in [4.78, 5) is 19.5. The standard InChI is InChI=1S/C28H21F3N4O/c29-28(30,31)25-16-23(22-14-8-3-9-15-22)32-26-17-24(33-35(25)26)27(36)34(18-20-10-4-1-5-11-20)19-21-12-6-2-7-13-21/h1-17H,18-19H2. The minimum Gasteiger partial charge on any atom is -0.329 e. The van der Waals surface area contributed by atoms with Crippen molar-refractivity contribution in [3.05, 3.63) is 126 Å². The highest BCUT2D eigenvalue weighted by molar-refractivity contribution is 5.93. The number of carbonyl (C=O) groups excluding carboxylic acids is 1. The van der Waals surface area contributed by atoms with Gasteiger partial charge in [-0.2, -0.15) is 18.3 Å². The van der Waals surface area contributed by atoms with Gasteiger partial charge in [0.25, 0.3) is 5.91 Å². The van der Waals surface area contributed by atoms with Crippen LogP contribution in [0.3, 0.4) is 0 Å². The molecule has 180 valence electrons. The number of carbonyl (C=O) groups is 1. The number of fused-ring (bicyclic) bond motifs is 1. The summed E-state index contributed by atoms with van der Waals surface area (Å²) in [5.41, 5.74) is 1.32. The zero-order valence-electron chi connectivity index (χ0n) is 19.1. The molecule has 0 radical (unpaired) electrons. The van der Waals surface area contributed by atoms with E-state index in [0.717, 1.165) is 17.2 Å². The molecule has 0 saturated heterocycles. The van der Waals surface area contributed by atoms with Crippen LogP contribution in [-0.4, -0.2) is 25.4 Å². The quantitative estimate of drug-likeness (QED) is 0.285. The minimum atomic E-state index is -4.69. The van der Waals surface area contributed by atoms with E-state index in [1.54, 1.807) is 35.2 Å². The number of hydrogen-bond donors (Lipinski definition) is 0. The molecule has 0 saturated carbocycles. The summed E-state index contributed by atoms with van der Waals surface area (Å²) in [5, 5.41) is 4.06. The molecule has 2 heterocycles. The number of rotatable bonds is 6. The van der Waals surface area contributed by atoms with Gasteiger partial charge in [0.1, 0.15) is 0 Å². The summed E-state index contributed by atoms with van der Waals surface area (Å²) < 4.78 is 42.6. The van der Waals surface area contributed by atoms with Gasteiger partial charge in [-0.1, -0.05) is 91.0 Å². The van der Waals surface area contributed by atoms with Crippen molar-refractivity contribution in [1.29, 1.82) is 0 Å². The van der Waals surface area contributed by atoms with E-state index in [0.29, 0.717) is 10.1 Å². The van der Waals surface area contributed by atoms with Crippen molar-refractivity contribution in [1.82, 2.24) is 19.5 Å². The van der Waals surface area contributed by atoms with E-state index in [1.165, 1.54) is 6.07 Å². The highest BCUT2D eigenvalue weighted by Gasteiger charge is 2.36. The van der Waals surface area contributed by atoms with Crippen LogP contribution in [0.5, 0.6) is 0 Å². The monoisotopic (exact) mass is 486 g/mol. The molecule has 5 rings (SSSR count). The number of benzene rings is 3. The molecule has 0 spiro atoms. The van der Waals surface area contributed by atoms with Crippen molar-refractivity contribution in [2.45, 2.75) is 19.3 Å². The normalized spacial score (nSPS) is 11.5. The second-order valence-electron chi connectivity index (χ2n) is 8.32. The van der Waals surface area contributed by atoms with Crippen molar-refractivity contribution < 1.29 is 18.0 Å². The molecule has 0 bridgehead atoms. The molecule has 0 aliphatic rings. The van der Waals surface area contributed by atoms with Gasteiger partial charge in [0.2, 0.25) is 0 Å². The third-order valence-corrected chi connectivity index (χ3v) is 5.73. The van der Waals surface area contributed by atoms with Crippen LogP contribution in [0.25, 0.3) is 16.9 Å². The van der Waals surface area contributed by atoms with Gasteiger partial charge >= 0.3 is 6.18 Å². The molecule has 36 heavy (non-hydrogen) atoms. The fourth-order valence-electron chi connectivity index (χ4n) is 4.01. The van der Waals surface area contributed by atoms with Crippen LogP contribution < -0.4 is 0 Å². The van der Waals surface area contributed by atoms with Gasteiger partial charge in [-0.25, -0.2) is 9.50 Å². The largest absolute Gasteiger partial charge is 0.433 e. The van der Waals surface area contributed by atoms with E-state index in [4.69, 9.17) is 0 Å². The van der Waals surface area contributed by atoms with Gasteiger partial charge in [0.05, 0.1) is 5.69 Å². The van der Waals surface area contributed by atoms with E-state index in [2.05, 4.69) is 10.1 Å². The molecule has 3 aromatic carbocycles. The molecule has 2 aromatic heterocycles. The fraction of sp³-hybridized carbons (Fsp3) is 0.107. The maximum atomic E-state index is 14.0. The number of halogens is 3. The first-order valence-electron chi connectivity index (χ1n) is 11.3. The Kier molecular flexibility index (Phi) is 6.25. The second-order valence-corrected chi connectivity index (χ2v) is 8.32.